The molecule has 3 rings (SSSR count). The summed E-state index contributed by atoms with van der Waals surface area (Å²) >= 11 is 2.05. The van der Waals surface area contributed by atoms with E-state index in [1.807, 2.05) is 26.6 Å². The summed E-state index contributed by atoms with van der Waals surface area (Å²) in [5.74, 6) is 0. The van der Waals surface area contributed by atoms with Gasteiger partial charge in [-0.1, -0.05) is 161 Å². The van der Waals surface area contributed by atoms with Gasteiger partial charge in [-0.2, -0.15) is 0 Å². The Labute approximate surface area is 424 Å². The van der Waals surface area contributed by atoms with E-state index in [1.165, 1.54) is 283 Å². The molecule has 1 aliphatic rings. The third-order valence-corrected chi connectivity index (χ3v) is 15.6. The van der Waals surface area contributed by atoms with Gasteiger partial charge in [0, 0.05) is 23.3 Å². The Balaban J connectivity index is 0.000000534. The maximum atomic E-state index is 10.6. The Kier molecular flexibility index (Phi) is 42.3. The van der Waals surface area contributed by atoms with E-state index in [-0.39, 0.29) is 0 Å². The van der Waals surface area contributed by atoms with E-state index in [4.69, 9.17) is 0 Å². The van der Waals surface area contributed by atoms with E-state index < -0.39 is 0 Å². The minimum atomic E-state index is 0.822. The molecular weight excluding hydrogens is 855 g/mol. The zero-order valence-corrected chi connectivity index (χ0v) is 46.1. The third kappa shape index (κ3) is 34.1. The standard InChI is InChI=1S/C22H24N2.2C21H43.Ni/c1-3-5-6-18-9-13-20(14-10-18)22-16-15-21(24(22)23)19-11-7-17(4-2)8-12-19;2*1-3-5-7-9-11-13-15-17-19-21-20-18-16-14-12-10-8-6-4-2;/h7-16H,3-6H2,1-2H3;2*1,3-21H2,2H3;. The Morgan fingerprint density at radius 2 is 0.567 bits per heavy atom. The van der Waals surface area contributed by atoms with Gasteiger partial charge in [0.25, 0.3) is 0 Å². The molecule has 0 unspecified atom stereocenters. The van der Waals surface area contributed by atoms with Gasteiger partial charge in [0.15, 0.2) is 0 Å². The van der Waals surface area contributed by atoms with Crippen molar-refractivity contribution in [3.63, 3.8) is 0 Å². The Hall–Kier alpha value is -1.99. The van der Waals surface area contributed by atoms with Gasteiger partial charge in [0.05, 0.1) is 0 Å². The Morgan fingerprint density at radius 1 is 0.313 bits per heavy atom. The van der Waals surface area contributed by atoms with Crippen LogP contribution in [0.3, 0.4) is 0 Å². The number of hydrogen-bond donors (Lipinski definition) is 0. The van der Waals surface area contributed by atoms with E-state index in [1.54, 1.807) is 0 Å². The molecule has 0 N–H and O–H groups in total. The number of nitrogens with zero attached hydrogens (tertiary/aromatic N) is 2. The van der Waals surface area contributed by atoms with Crippen LogP contribution in [-0.4, -0.2) is 4.70 Å². The fraction of sp³-hybridized carbons (Fsp3) is 0.750. The Bertz CT molecular complexity index is 1400. The van der Waals surface area contributed by atoms with E-state index >= 15 is 0 Å². The minimum absolute atomic E-state index is 0.822. The fourth-order valence-corrected chi connectivity index (χ4v) is 10.8. The van der Waals surface area contributed by atoms with Crippen LogP contribution in [0.4, 0.5) is 0 Å². The van der Waals surface area contributed by atoms with Crippen molar-refractivity contribution in [2.45, 2.75) is 308 Å². The van der Waals surface area contributed by atoms with Gasteiger partial charge >= 0.3 is 166 Å². The maximum absolute atomic E-state index is 10.6. The summed E-state index contributed by atoms with van der Waals surface area (Å²) in [6.07, 6.45) is 64.7. The number of benzene rings is 2. The minimum Gasteiger partial charge on any atom is -0.493 e. The Morgan fingerprint density at radius 3 is 0.836 bits per heavy atom. The predicted octanol–water partition coefficient (Wildman–Crippen LogP) is 22.8. The molecule has 0 saturated heterocycles. The first-order valence-electron chi connectivity index (χ1n) is 29.7. The number of rotatable bonds is 46. The van der Waals surface area contributed by atoms with Gasteiger partial charge in [-0.25, -0.2) is 4.70 Å². The predicted molar refractivity (Wildman–Crippen MR) is 297 cm³/mol. The quantitative estimate of drug-likeness (QED) is 0.0359. The third-order valence-electron chi connectivity index (χ3n) is 14.2. The summed E-state index contributed by atoms with van der Waals surface area (Å²) < 4.78 is 1.29. The van der Waals surface area contributed by atoms with Crippen LogP contribution < -0.4 is 0 Å². The molecular formula is C64H110N2Ni. The molecule has 0 spiro atoms. The smallest absolute Gasteiger partial charge is 0.493 e. The van der Waals surface area contributed by atoms with Crippen molar-refractivity contribution in [1.29, 1.82) is 0 Å². The van der Waals surface area contributed by atoms with E-state index in [9.17, 15) is 5.53 Å². The van der Waals surface area contributed by atoms with Crippen molar-refractivity contribution in [2.75, 3.05) is 0 Å². The topological polar surface area (TPSA) is 25.3 Å². The molecule has 0 atom stereocenters. The summed E-state index contributed by atoms with van der Waals surface area (Å²) in [7, 11) is 0. The zero-order chi connectivity index (χ0) is 47.9. The average molecular weight is 966 g/mol. The monoisotopic (exact) mass is 965 g/mol. The van der Waals surface area contributed by atoms with E-state index in [0.717, 1.165) is 35.4 Å². The second-order valence-electron chi connectivity index (χ2n) is 20.5. The summed E-state index contributed by atoms with van der Waals surface area (Å²) in [4.78, 5) is 0. The van der Waals surface area contributed by atoms with Crippen molar-refractivity contribution >= 4 is 11.4 Å². The molecule has 1 heterocycles. The molecule has 0 saturated carbocycles. The van der Waals surface area contributed by atoms with Crippen LogP contribution in [0, 0.1) is 0 Å². The molecule has 386 valence electrons. The molecule has 0 bridgehead atoms. The van der Waals surface area contributed by atoms with Crippen molar-refractivity contribution in [3.05, 3.63) is 88.5 Å². The molecule has 0 amide bonds. The van der Waals surface area contributed by atoms with E-state index in [0.29, 0.717) is 0 Å². The van der Waals surface area contributed by atoms with E-state index in [2.05, 4.69) is 76.2 Å². The number of allylic oxidation sites excluding steroid dienone is 2. The fourth-order valence-electron chi connectivity index (χ4n) is 9.55. The first-order chi connectivity index (χ1) is 33.1. The molecule has 0 aromatic heterocycles. The molecule has 3 heteroatoms. The number of unbranched alkanes of at least 4 members (excludes halogenated alkanes) is 37. The van der Waals surface area contributed by atoms with Crippen LogP contribution in [0.1, 0.15) is 307 Å². The van der Waals surface area contributed by atoms with Gasteiger partial charge in [-0.3, -0.25) is 0 Å². The average Bonchev–Trinajstić information content (AvgIpc) is 3.75. The van der Waals surface area contributed by atoms with Crippen molar-refractivity contribution in [3.8, 4) is 0 Å². The van der Waals surface area contributed by atoms with Crippen molar-refractivity contribution in [1.82, 2.24) is 0 Å². The summed E-state index contributed by atoms with van der Waals surface area (Å²) in [5, 5.41) is 2.87. The number of hydrogen-bond acceptors (Lipinski definition) is 0. The first-order valence-corrected chi connectivity index (χ1v) is 31.1. The molecule has 2 aromatic rings. The normalized spacial score (nSPS) is 12.4. The first kappa shape index (κ1) is 61.1. The zero-order valence-electron chi connectivity index (χ0n) is 45.1. The summed E-state index contributed by atoms with van der Waals surface area (Å²) in [5.41, 5.74) is 17.0. The molecule has 1 aliphatic heterocycles. The second kappa shape index (κ2) is 46.4. The molecule has 0 fully saturated rings. The summed E-state index contributed by atoms with van der Waals surface area (Å²) in [6.45, 7) is 8.98. The van der Waals surface area contributed by atoms with Crippen molar-refractivity contribution in [2.24, 2.45) is 0 Å². The second-order valence-corrected chi connectivity index (χ2v) is 22.0. The van der Waals surface area contributed by atoms with Crippen LogP contribution in [0.5, 0.6) is 0 Å². The van der Waals surface area contributed by atoms with Crippen LogP contribution in [-0.2, 0) is 27.3 Å². The van der Waals surface area contributed by atoms with Gasteiger partial charge in [-0.05, 0) is 54.7 Å². The van der Waals surface area contributed by atoms with Gasteiger partial charge in [0.1, 0.15) is 0 Å². The number of aryl methyl sites for hydroxylation is 2. The molecule has 67 heavy (non-hydrogen) atoms. The molecule has 2 aromatic carbocycles. The summed E-state index contributed by atoms with van der Waals surface area (Å²) in [6, 6.07) is 16.9. The van der Waals surface area contributed by atoms with Gasteiger partial charge in [-0.15, -0.1) is 0 Å². The van der Waals surface area contributed by atoms with Crippen LogP contribution in [0.25, 0.3) is 16.9 Å². The van der Waals surface area contributed by atoms with Crippen LogP contribution in [0.2, 0.25) is 10.8 Å². The van der Waals surface area contributed by atoms with Crippen molar-refractivity contribution < 1.29 is 19.1 Å². The molecule has 2 nitrogen and oxygen atoms in total. The van der Waals surface area contributed by atoms with Crippen LogP contribution in [0.15, 0.2) is 60.7 Å². The van der Waals surface area contributed by atoms with Crippen LogP contribution >= 0.6 is 0 Å². The van der Waals surface area contributed by atoms with Gasteiger partial charge in [0.2, 0.25) is 11.4 Å². The molecule has 0 radical (unpaired) electrons. The molecule has 0 aliphatic carbocycles. The SMILES string of the molecule is CCCCCCCCCCCCCCCCCCCC[CH2][Ni][CH2]CCCCCCCCCCCCCCCCCCCC.CCCCc1ccc(C2=CC=C(c3ccc(CC)cc3)[N+]2=[N-])cc1. The van der Waals surface area contributed by atoms with Gasteiger partial charge < -0.3 is 5.53 Å².